The molecule has 0 spiro atoms. The number of fused-ring (bicyclic) bond motifs is 2. The number of hydrogen-bond donors (Lipinski definition) is 0. The standard InChI is InChI=1S/C32H22N4/c1-2-12-28-27(11-1)31(23-7-5-9-25(19-23)35-17-15-33-21-35)29-13-3-4-14-30(29)32(28)24-8-6-10-26(20-24)36-18-16-34-22-36/h1-22H. The number of nitrogens with zero attached hydrogens (tertiary/aromatic N) is 4. The van der Waals surface area contributed by atoms with Crippen LogP contribution in [0.1, 0.15) is 0 Å². The fraction of sp³-hybridized carbons (Fsp3) is 0. The molecule has 0 saturated heterocycles. The Kier molecular flexibility index (Phi) is 4.74. The summed E-state index contributed by atoms with van der Waals surface area (Å²) in [6.07, 6.45) is 11.3. The van der Waals surface area contributed by atoms with Gasteiger partial charge in [0.05, 0.1) is 12.7 Å². The van der Waals surface area contributed by atoms with Crippen LogP contribution >= 0.6 is 0 Å². The summed E-state index contributed by atoms with van der Waals surface area (Å²) in [5.41, 5.74) is 7.06. The minimum absolute atomic E-state index is 1.09. The van der Waals surface area contributed by atoms with Crippen LogP contribution in [0.5, 0.6) is 0 Å². The van der Waals surface area contributed by atoms with E-state index in [0.29, 0.717) is 0 Å². The van der Waals surface area contributed by atoms with Gasteiger partial charge in [0, 0.05) is 36.2 Å². The lowest BCUT2D eigenvalue weighted by molar-refractivity contribution is 1.06. The first kappa shape index (κ1) is 20.4. The summed E-state index contributed by atoms with van der Waals surface area (Å²) in [5, 5.41) is 4.95. The van der Waals surface area contributed by atoms with Gasteiger partial charge in [0.2, 0.25) is 0 Å². The van der Waals surface area contributed by atoms with Gasteiger partial charge in [0.25, 0.3) is 0 Å². The molecule has 0 fully saturated rings. The second-order valence-corrected chi connectivity index (χ2v) is 8.88. The molecule has 2 heterocycles. The van der Waals surface area contributed by atoms with E-state index in [9.17, 15) is 0 Å². The molecule has 0 unspecified atom stereocenters. The SMILES string of the molecule is c1cc(-c2c3ccccc3c(-c3cccc(-n4ccnc4)c3)c3ccccc23)cc(-n2ccnc2)c1. The molecule has 0 amide bonds. The lowest BCUT2D eigenvalue weighted by Crippen LogP contribution is -1.94. The summed E-state index contributed by atoms with van der Waals surface area (Å²) in [6, 6.07) is 34.9. The lowest BCUT2D eigenvalue weighted by atomic mass is 9.86. The van der Waals surface area contributed by atoms with Crippen LogP contribution in [-0.4, -0.2) is 19.1 Å². The summed E-state index contributed by atoms with van der Waals surface area (Å²) in [7, 11) is 0. The van der Waals surface area contributed by atoms with Crippen LogP contribution < -0.4 is 0 Å². The number of rotatable bonds is 4. The maximum absolute atomic E-state index is 4.23. The molecule has 0 atom stereocenters. The highest BCUT2D eigenvalue weighted by Crippen LogP contribution is 2.44. The Bertz CT molecular complexity index is 1640. The topological polar surface area (TPSA) is 35.6 Å². The molecular formula is C32H22N4. The van der Waals surface area contributed by atoms with E-state index in [1.165, 1.54) is 43.8 Å². The maximum Gasteiger partial charge on any atom is 0.0991 e. The van der Waals surface area contributed by atoms with E-state index in [4.69, 9.17) is 0 Å². The van der Waals surface area contributed by atoms with Crippen molar-refractivity contribution in [1.29, 1.82) is 0 Å². The van der Waals surface area contributed by atoms with Gasteiger partial charge in [0.15, 0.2) is 0 Å². The lowest BCUT2D eigenvalue weighted by Gasteiger charge is -2.18. The zero-order valence-corrected chi connectivity index (χ0v) is 19.5. The summed E-state index contributed by atoms with van der Waals surface area (Å²) in [6.45, 7) is 0. The average Bonchev–Trinajstić information content (AvgIpc) is 3.67. The Morgan fingerprint density at radius 1 is 0.444 bits per heavy atom. The van der Waals surface area contributed by atoms with Crippen molar-refractivity contribution >= 4 is 21.5 Å². The van der Waals surface area contributed by atoms with Crippen molar-refractivity contribution in [3.05, 3.63) is 135 Å². The predicted molar refractivity (Wildman–Crippen MR) is 147 cm³/mol. The largest absolute Gasteiger partial charge is 0.306 e. The normalized spacial score (nSPS) is 11.3. The van der Waals surface area contributed by atoms with E-state index in [1.54, 1.807) is 0 Å². The van der Waals surface area contributed by atoms with E-state index >= 15 is 0 Å². The van der Waals surface area contributed by atoms with Crippen LogP contribution in [0.15, 0.2) is 135 Å². The first-order valence-electron chi connectivity index (χ1n) is 12.0. The summed E-state index contributed by atoms with van der Waals surface area (Å²) >= 11 is 0. The van der Waals surface area contributed by atoms with Crippen LogP contribution in [0, 0.1) is 0 Å². The first-order chi connectivity index (χ1) is 17.9. The van der Waals surface area contributed by atoms with Gasteiger partial charge in [-0.05, 0) is 68.1 Å². The molecule has 2 aromatic heterocycles. The van der Waals surface area contributed by atoms with Crippen LogP contribution in [0.25, 0.3) is 55.2 Å². The van der Waals surface area contributed by atoms with Crippen molar-refractivity contribution in [2.75, 3.05) is 0 Å². The van der Waals surface area contributed by atoms with Crippen molar-refractivity contribution < 1.29 is 0 Å². The second-order valence-electron chi connectivity index (χ2n) is 8.88. The zero-order chi connectivity index (χ0) is 23.9. The Labute approximate surface area is 208 Å². The average molecular weight is 463 g/mol. The molecule has 0 aliphatic rings. The third-order valence-electron chi connectivity index (χ3n) is 6.81. The van der Waals surface area contributed by atoms with Gasteiger partial charge in [-0.1, -0.05) is 72.8 Å². The molecule has 4 nitrogen and oxygen atoms in total. The molecule has 7 rings (SSSR count). The third-order valence-corrected chi connectivity index (χ3v) is 6.81. The predicted octanol–water partition coefficient (Wildman–Crippen LogP) is 7.70. The minimum atomic E-state index is 1.09. The van der Waals surface area contributed by atoms with Gasteiger partial charge in [-0.2, -0.15) is 0 Å². The van der Waals surface area contributed by atoms with E-state index in [1.807, 2.05) is 46.6 Å². The van der Waals surface area contributed by atoms with E-state index in [2.05, 4.69) is 107 Å². The van der Waals surface area contributed by atoms with Gasteiger partial charge < -0.3 is 9.13 Å². The van der Waals surface area contributed by atoms with Crippen molar-refractivity contribution in [3.63, 3.8) is 0 Å². The summed E-state index contributed by atoms with van der Waals surface area (Å²) in [5.74, 6) is 0. The summed E-state index contributed by atoms with van der Waals surface area (Å²) in [4.78, 5) is 8.46. The number of imidazole rings is 2. The molecule has 5 aromatic carbocycles. The summed E-state index contributed by atoms with van der Waals surface area (Å²) < 4.78 is 4.09. The highest BCUT2D eigenvalue weighted by atomic mass is 15.0. The van der Waals surface area contributed by atoms with Crippen LogP contribution in [0.4, 0.5) is 0 Å². The second kappa shape index (κ2) is 8.36. The van der Waals surface area contributed by atoms with E-state index < -0.39 is 0 Å². The Balaban J connectivity index is 1.54. The van der Waals surface area contributed by atoms with Crippen LogP contribution in [0.2, 0.25) is 0 Å². The van der Waals surface area contributed by atoms with E-state index in [-0.39, 0.29) is 0 Å². The Morgan fingerprint density at radius 3 is 1.22 bits per heavy atom. The minimum Gasteiger partial charge on any atom is -0.306 e. The molecule has 0 aliphatic carbocycles. The third kappa shape index (κ3) is 3.31. The van der Waals surface area contributed by atoms with Gasteiger partial charge >= 0.3 is 0 Å². The molecular weight excluding hydrogens is 440 g/mol. The highest BCUT2D eigenvalue weighted by Gasteiger charge is 2.17. The number of aromatic nitrogens is 4. The fourth-order valence-electron chi connectivity index (χ4n) is 5.22. The highest BCUT2D eigenvalue weighted by molar-refractivity contribution is 6.21. The number of benzene rings is 5. The molecule has 4 heteroatoms. The van der Waals surface area contributed by atoms with Gasteiger partial charge in [-0.15, -0.1) is 0 Å². The first-order valence-corrected chi connectivity index (χ1v) is 12.0. The van der Waals surface area contributed by atoms with Crippen molar-refractivity contribution in [1.82, 2.24) is 19.1 Å². The van der Waals surface area contributed by atoms with E-state index in [0.717, 1.165) is 11.4 Å². The zero-order valence-electron chi connectivity index (χ0n) is 19.5. The maximum atomic E-state index is 4.23. The molecule has 0 saturated carbocycles. The van der Waals surface area contributed by atoms with Crippen molar-refractivity contribution in [2.24, 2.45) is 0 Å². The molecule has 0 N–H and O–H groups in total. The Hall–Kier alpha value is -4.96. The van der Waals surface area contributed by atoms with Crippen molar-refractivity contribution in [2.45, 2.75) is 0 Å². The van der Waals surface area contributed by atoms with Crippen LogP contribution in [0.3, 0.4) is 0 Å². The fourth-order valence-corrected chi connectivity index (χ4v) is 5.22. The van der Waals surface area contributed by atoms with Crippen LogP contribution in [-0.2, 0) is 0 Å². The smallest absolute Gasteiger partial charge is 0.0991 e. The number of hydrogen-bond acceptors (Lipinski definition) is 2. The molecule has 0 aliphatic heterocycles. The quantitative estimate of drug-likeness (QED) is 0.251. The Morgan fingerprint density at radius 2 is 0.861 bits per heavy atom. The van der Waals surface area contributed by atoms with Gasteiger partial charge in [-0.25, -0.2) is 9.97 Å². The molecule has 0 radical (unpaired) electrons. The monoisotopic (exact) mass is 462 g/mol. The molecule has 170 valence electrons. The molecule has 36 heavy (non-hydrogen) atoms. The molecule has 0 bridgehead atoms. The van der Waals surface area contributed by atoms with Crippen molar-refractivity contribution in [3.8, 4) is 33.6 Å². The molecule has 7 aromatic rings. The van der Waals surface area contributed by atoms with Gasteiger partial charge in [0.1, 0.15) is 0 Å². The van der Waals surface area contributed by atoms with Gasteiger partial charge in [-0.3, -0.25) is 0 Å².